The van der Waals surface area contributed by atoms with Crippen LogP contribution < -0.4 is 4.90 Å². The van der Waals surface area contributed by atoms with Gasteiger partial charge in [-0.2, -0.15) is 0 Å². The van der Waals surface area contributed by atoms with E-state index in [2.05, 4.69) is 76.2 Å². The monoisotopic (exact) mass is 395 g/mol. The summed E-state index contributed by atoms with van der Waals surface area (Å²) in [6, 6.07) is 27.1. The molecule has 4 rings (SSSR count). The highest BCUT2D eigenvalue weighted by molar-refractivity contribution is 6.06. The summed E-state index contributed by atoms with van der Waals surface area (Å²) >= 11 is 0. The lowest BCUT2D eigenvalue weighted by atomic mass is 9.65. The molecule has 1 unspecified atom stereocenters. The van der Waals surface area contributed by atoms with Crippen LogP contribution in [0.2, 0.25) is 0 Å². The summed E-state index contributed by atoms with van der Waals surface area (Å²) in [5.74, 6) is 0.0193. The number of nitrogens with zero attached hydrogens (tertiary/aromatic N) is 1. The van der Waals surface area contributed by atoms with Crippen LogP contribution >= 0.6 is 0 Å². The van der Waals surface area contributed by atoms with Gasteiger partial charge in [0.15, 0.2) is 0 Å². The third-order valence-corrected chi connectivity index (χ3v) is 6.23. The Labute approximate surface area is 179 Å². The highest BCUT2D eigenvalue weighted by Gasteiger charge is 2.47. The number of aryl methyl sites for hydroxylation is 1. The summed E-state index contributed by atoms with van der Waals surface area (Å²) in [6.07, 6.45) is 4.46. The Balaban J connectivity index is 1.82. The Bertz CT molecular complexity index is 1080. The van der Waals surface area contributed by atoms with Crippen molar-refractivity contribution in [2.45, 2.75) is 45.1 Å². The van der Waals surface area contributed by atoms with Crippen LogP contribution in [0.25, 0.3) is 6.08 Å². The fourth-order valence-electron chi connectivity index (χ4n) is 4.95. The van der Waals surface area contributed by atoms with Crippen molar-refractivity contribution >= 4 is 17.7 Å². The molecule has 0 bridgehead atoms. The molecule has 3 aromatic rings. The quantitative estimate of drug-likeness (QED) is 0.462. The van der Waals surface area contributed by atoms with Gasteiger partial charge in [0.05, 0.1) is 0 Å². The van der Waals surface area contributed by atoms with Gasteiger partial charge in [-0.1, -0.05) is 79.7 Å². The molecule has 3 aromatic carbocycles. The zero-order valence-electron chi connectivity index (χ0n) is 18.2. The number of hydrogen-bond donors (Lipinski definition) is 0. The molecule has 0 spiro atoms. The average Bonchev–Trinajstić information content (AvgIpc) is 2.72. The van der Waals surface area contributed by atoms with Crippen molar-refractivity contribution in [3.05, 3.63) is 107 Å². The van der Waals surface area contributed by atoms with Gasteiger partial charge in [-0.15, -0.1) is 0 Å². The molecule has 0 fully saturated rings. The Morgan fingerprint density at radius 3 is 2.20 bits per heavy atom. The Kier molecular flexibility index (Phi) is 5.11. The van der Waals surface area contributed by atoms with Gasteiger partial charge in [0.1, 0.15) is 0 Å². The highest BCUT2D eigenvalue weighted by atomic mass is 16.2. The van der Waals surface area contributed by atoms with Gasteiger partial charge in [-0.25, -0.2) is 0 Å². The second kappa shape index (κ2) is 7.60. The molecule has 2 heteroatoms. The van der Waals surface area contributed by atoms with Gasteiger partial charge in [-0.05, 0) is 61.6 Å². The lowest BCUT2D eigenvalue weighted by Gasteiger charge is -2.51. The van der Waals surface area contributed by atoms with Crippen LogP contribution in [0.5, 0.6) is 0 Å². The standard InChI is InChI=1S/C28H29NO/c1-21-15-17-24-25(19-21)29(26(30)18-16-22-11-7-5-8-12-22)27(2,3)20-28(24,4)23-13-9-6-10-14-23/h5-19H,20H2,1-4H3/b18-16+. The summed E-state index contributed by atoms with van der Waals surface area (Å²) < 4.78 is 0. The third kappa shape index (κ3) is 3.59. The van der Waals surface area contributed by atoms with Crippen molar-refractivity contribution in [2.24, 2.45) is 0 Å². The molecule has 2 nitrogen and oxygen atoms in total. The first-order valence-corrected chi connectivity index (χ1v) is 10.6. The van der Waals surface area contributed by atoms with E-state index < -0.39 is 0 Å². The summed E-state index contributed by atoms with van der Waals surface area (Å²) in [6.45, 7) is 8.74. The maximum atomic E-state index is 13.4. The molecule has 152 valence electrons. The third-order valence-electron chi connectivity index (χ3n) is 6.23. The minimum Gasteiger partial charge on any atom is -0.303 e. The Hall–Kier alpha value is -3.13. The molecular weight excluding hydrogens is 366 g/mol. The van der Waals surface area contributed by atoms with Crippen LogP contribution in [-0.4, -0.2) is 11.4 Å². The van der Waals surface area contributed by atoms with Gasteiger partial charge < -0.3 is 4.90 Å². The lowest BCUT2D eigenvalue weighted by Crippen LogP contribution is -2.55. The zero-order valence-corrected chi connectivity index (χ0v) is 18.2. The SMILES string of the molecule is Cc1ccc2c(c1)N(C(=O)/C=C/c1ccccc1)C(C)(C)CC2(C)c1ccccc1. The number of carbonyl (C=O) groups is 1. The number of hydrogen-bond acceptors (Lipinski definition) is 1. The van der Waals surface area contributed by atoms with Crippen LogP contribution in [0.1, 0.15) is 49.4 Å². The molecule has 0 saturated carbocycles. The number of carbonyl (C=O) groups excluding carboxylic acids is 1. The smallest absolute Gasteiger partial charge is 0.251 e. The normalized spacial score (nSPS) is 20.2. The van der Waals surface area contributed by atoms with Gasteiger partial charge >= 0.3 is 0 Å². The van der Waals surface area contributed by atoms with Crippen molar-refractivity contribution in [2.75, 3.05) is 4.90 Å². The summed E-state index contributed by atoms with van der Waals surface area (Å²) in [4.78, 5) is 15.4. The van der Waals surface area contributed by atoms with E-state index in [1.807, 2.05) is 41.3 Å². The van der Waals surface area contributed by atoms with Gasteiger partial charge in [0.2, 0.25) is 0 Å². The molecule has 1 heterocycles. The molecular formula is C28H29NO. The minimum absolute atomic E-state index is 0.0193. The molecule has 1 atom stereocenters. The zero-order chi connectivity index (χ0) is 21.4. The maximum Gasteiger partial charge on any atom is 0.251 e. The largest absolute Gasteiger partial charge is 0.303 e. The Morgan fingerprint density at radius 2 is 1.53 bits per heavy atom. The predicted molar refractivity (Wildman–Crippen MR) is 126 cm³/mol. The summed E-state index contributed by atoms with van der Waals surface area (Å²) in [5, 5.41) is 0. The number of anilines is 1. The molecule has 1 amide bonds. The van der Waals surface area contributed by atoms with E-state index in [1.165, 1.54) is 11.1 Å². The first kappa shape index (κ1) is 20.2. The second-order valence-corrected chi connectivity index (χ2v) is 9.13. The van der Waals surface area contributed by atoms with E-state index in [-0.39, 0.29) is 16.9 Å². The minimum atomic E-state index is -0.330. The van der Waals surface area contributed by atoms with Crippen LogP contribution in [0.4, 0.5) is 5.69 Å². The number of rotatable bonds is 3. The summed E-state index contributed by atoms with van der Waals surface area (Å²) in [5.41, 5.74) is 5.21. The predicted octanol–water partition coefficient (Wildman–Crippen LogP) is 6.53. The van der Waals surface area contributed by atoms with Gasteiger partial charge in [0, 0.05) is 22.7 Å². The van der Waals surface area contributed by atoms with E-state index in [4.69, 9.17) is 0 Å². The highest BCUT2D eigenvalue weighted by Crippen LogP contribution is 2.50. The molecule has 0 saturated heterocycles. The summed E-state index contributed by atoms with van der Waals surface area (Å²) in [7, 11) is 0. The number of fused-ring (bicyclic) bond motifs is 1. The van der Waals surface area contributed by atoms with Crippen LogP contribution in [0, 0.1) is 6.92 Å². The lowest BCUT2D eigenvalue weighted by molar-refractivity contribution is -0.115. The first-order valence-electron chi connectivity index (χ1n) is 10.6. The molecule has 0 radical (unpaired) electrons. The van der Waals surface area contributed by atoms with Crippen molar-refractivity contribution in [1.82, 2.24) is 0 Å². The van der Waals surface area contributed by atoms with E-state index in [0.717, 1.165) is 23.2 Å². The first-order chi connectivity index (χ1) is 14.3. The second-order valence-electron chi connectivity index (χ2n) is 9.13. The number of benzene rings is 3. The average molecular weight is 396 g/mol. The molecule has 1 aliphatic rings. The fraction of sp³-hybridized carbons (Fsp3) is 0.250. The van der Waals surface area contributed by atoms with Gasteiger partial charge in [0.25, 0.3) is 5.91 Å². The maximum absolute atomic E-state index is 13.4. The molecule has 30 heavy (non-hydrogen) atoms. The fourth-order valence-corrected chi connectivity index (χ4v) is 4.95. The van der Waals surface area contributed by atoms with Gasteiger partial charge in [-0.3, -0.25) is 4.79 Å². The van der Waals surface area contributed by atoms with Crippen molar-refractivity contribution in [3.63, 3.8) is 0 Å². The van der Waals surface area contributed by atoms with E-state index >= 15 is 0 Å². The molecule has 0 N–H and O–H groups in total. The molecule has 0 aliphatic carbocycles. The van der Waals surface area contributed by atoms with Crippen LogP contribution in [-0.2, 0) is 10.2 Å². The van der Waals surface area contributed by atoms with E-state index in [9.17, 15) is 4.79 Å². The number of amides is 1. The van der Waals surface area contributed by atoms with E-state index in [0.29, 0.717) is 0 Å². The van der Waals surface area contributed by atoms with Crippen molar-refractivity contribution in [3.8, 4) is 0 Å². The van der Waals surface area contributed by atoms with E-state index in [1.54, 1.807) is 6.08 Å². The molecule has 1 aliphatic heterocycles. The van der Waals surface area contributed by atoms with Crippen LogP contribution in [0.3, 0.4) is 0 Å². The Morgan fingerprint density at radius 1 is 0.900 bits per heavy atom. The topological polar surface area (TPSA) is 20.3 Å². The molecule has 0 aromatic heterocycles. The van der Waals surface area contributed by atoms with Crippen molar-refractivity contribution < 1.29 is 4.79 Å². The van der Waals surface area contributed by atoms with Crippen molar-refractivity contribution in [1.29, 1.82) is 0 Å². The van der Waals surface area contributed by atoms with Crippen LogP contribution in [0.15, 0.2) is 84.9 Å².